The highest BCUT2D eigenvalue weighted by atomic mass is 79.9. The van der Waals surface area contributed by atoms with Crippen molar-refractivity contribution in [3.8, 4) is 39.9 Å². The lowest BCUT2D eigenvalue weighted by molar-refractivity contribution is -0.287. The van der Waals surface area contributed by atoms with Crippen LogP contribution >= 0.6 is 82.6 Å². The number of alkyl halides is 4. The zero-order valence-electron chi connectivity index (χ0n) is 62.1. The number of anilines is 8. The van der Waals surface area contributed by atoms with E-state index in [1.807, 2.05) is 55.4 Å². The lowest BCUT2D eigenvalue weighted by Crippen LogP contribution is -2.41. The Labute approximate surface area is 704 Å². The molecular formula is C74H66B3Br3Cl3F8N12O14. The van der Waals surface area contributed by atoms with Gasteiger partial charge in [0, 0.05) is 33.8 Å². The summed E-state index contributed by atoms with van der Waals surface area (Å²) < 4.78 is 152. The molecule has 3 amide bonds. The van der Waals surface area contributed by atoms with Gasteiger partial charge in [0.15, 0.2) is 28.8 Å². The molecule has 0 saturated carbocycles. The Kier molecular flexibility index (Phi) is 30.7. The molecule has 613 valence electrons. The minimum absolute atomic E-state index is 0.0263. The van der Waals surface area contributed by atoms with Crippen LogP contribution in [0.1, 0.15) is 96.8 Å². The second-order valence-electron chi connectivity index (χ2n) is 26.2. The monoisotopic (exact) mass is 1870 g/mol. The first-order chi connectivity index (χ1) is 54.7. The summed E-state index contributed by atoms with van der Waals surface area (Å²) in [6, 6.07) is 39.8. The van der Waals surface area contributed by atoms with Crippen LogP contribution in [-0.2, 0) is 18.6 Å². The van der Waals surface area contributed by atoms with E-state index in [1.54, 1.807) is 42.5 Å². The van der Waals surface area contributed by atoms with Crippen molar-refractivity contribution in [1.82, 2.24) is 19.9 Å². The molecule has 0 aliphatic carbocycles. The molecular weight excluding hydrogens is 1810 g/mol. The van der Waals surface area contributed by atoms with Gasteiger partial charge in [0.05, 0.1) is 63.6 Å². The van der Waals surface area contributed by atoms with Crippen molar-refractivity contribution in [2.45, 2.75) is 90.4 Å². The number of nitrogens with two attached hydrogens (primary N) is 5. The summed E-state index contributed by atoms with van der Waals surface area (Å²) in [5, 5.41) is 15.4. The summed E-state index contributed by atoms with van der Waals surface area (Å²) in [4.78, 5) is 61.8. The van der Waals surface area contributed by atoms with Crippen molar-refractivity contribution >= 4 is 174 Å². The Morgan fingerprint density at radius 2 is 0.761 bits per heavy atom. The lowest BCUT2D eigenvalue weighted by Gasteiger charge is -2.32. The van der Waals surface area contributed by atoms with Gasteiger partial charge in [-0.05, 0) is 218 Å². The molecule has 4 aliphatic rings. The van der Waals surface area contributed by atoms with Gasteiger partial charge in [0.2, 0.25) is 0 Å². The maximum absolute atomic E-state index is 13.7. The molecule has 0 atom stereocenters. The molecule has 4 aromatic heterocycles. The van der Waals surface area contributed by atoms with Crippen LogP contribution in [0.25, 0.3) is 11.1 Å². The highest BCUT2D eigenvalue weighted by Gasteiger charge is 2.64. The van der Waals surface area contributed by atoms with E-state index >= 15 is 0 Å². The van der Waals surface area contributed by atoms with Crippen molar-refractivity contribution in [3.63, 3.8) is 0 Å². The minimum atomic E-state index is -3.78. The molecule has 14 N–H and O–H groups in total. The zero-order valence-corrected chi connectivity index (χ0v) is 69.1. The number of nitrogen functional groups attached to an aromatic ring is 5. The fourth-order valence-electron chi connectivity index (χ4n) is 9.69. The summed E-state index contributed by atoms with van der Waals surface area (Å²) in [6.45, 7) is 16.2. The third kappa shape index (κ3) is 24.7. The maximum Gasteiger partial charge on any atom is 0.586 e. The first-order valence-electron chi connectivity index (χ1n) is 33.6. The number of nitrogens with one attached hydrogen (secondary N) is 3. The first-order valence-corrected chi connectivity index (χ1v) is 37.1. The van der Waals surface area contributed by atoms with E-state index < -0.39 is 72.8 Å². The number of amides is 3. The SMILES string of the molecule is CC1(C)OB(B2OC(C)(C)C(C)(C)O2)OC1(C)C.FC1(F)Oc2cc(Cl)c(Br)cc2O1.Nc1ccc(Br)c(N)n1.Nc1nc(NC(=O)c2ccccc2F)ccc1-c1cc2c(cc1Cl)OC(F)(F)O2.Nc1nc(NC(=O)c2ccccc2F)ccc1Br.Nc1nc(NC(=O)c2ccccc2F)ccc1O[B]O.O=C(Cl)c1ccccc1F. The summed E-state index contributed by atoms with van der Waals surface area (Å²) in [7, 11) is -0.488. The minimum Gasteiger partial charge on any atom is -0.535 e. The molecule has 2 saturated heterocycles. The fraction of sp³-hybridized carbons (Fsp3) is 0.189. The van der Waals surface area contributed by atoms with Crippen LogP contribution in [0.2, 0.25) is 10.0 Å². The van der Waals surface area contributed by atoms with Gasteiger partial charge in [-0.25, -0.2) is 37.5 Å². The van der Waals surface area contributed by atoms with Gasteiger partial charge in [-0.3, -0.25) is 19.2 Å². The molecule has 8 heterocycles. The zero-order chi connectivity index (χ0) is 86.4. The second kappa shape index (κ2) is 38.9. The van der Waals surface area contributed by atoms with E-state index in [-0.39, 0.29) is 119 Å². The van der Waals surface area contributed by atoms with Crippen LogP contribution < -0.4 is 68.2 Å². The third-order valence-corrected chi connectivity index (χ3v) is 20.0. The predicted octanol–water partition coefficient (Wildman–Crippen LogP) is 17.4. The third-order valence-electron chi connectivity index (χ3n) is 16.9. The van der Waals surface area contributed by atoms with Crippen molar-refractivity contribution in [2.75, 3.05) is 44.6 Å². The Bertz CT molecular complexity index is 5230. The van der Waals surface area contributed by atoms with Crippen molar-refractivity contribution in [1.29, 1.82) is 0 Å². The van der Waals surface area contributed by atoms with Crippen molar-refractivity contribution < 1.29 is 102 Å². The summed E-state index contributed by atoms with van der Waals surface area (Å²) in [6.07, 6.45) is -7.37. The predicted molar refractivity (Wildman–Crippen MR) is 437 cm³/mol. The Balaban J connectivity index is 0.000000176. The highest BCUT2D eigenvalue weighted by molar-refractivity contribution is 9.11. The second-order valence-corrected chi connectivity index (χ2v) is 30.0. The van der Waals surface area contributed by atoms with Gasteiger partial charge in [0.1, 0.15) is 69.7 Å². The average Bonchev–Trinajstić information content (AvgIpc) is 1.55. The van der Waals surface area contributed by atoms with Gasteiger partial charge >= 0.3 is 34.3 Å². The molecule has 0 bridgehead atoms. The lowest BCUT2D eigenvalue weighted by atomic mass is 9.49. The van der Waals surface area contributed by atoms with Crippen LogP contribution in [0.4, 0.5) is 81.7 Å². The van der Waals surface area contributed by atoms with Gasteiger partial charge < -0.3 is 91.9 Å². The molecule has 0 spiro atoms. The Hall–Kier alpha value is -10.3. The van der Waals surface area contributed by atoms with Gasteiger partial charge in [-0.2, -0.15) is 0 Å². The van der Waals surface area contributed by atoms with Crippen molar-refractivity contribution in [2.24, 2.45) is 0 Å². The standard InChI is InChI=1S/C19H11ClF3N3O3.C12H24B2O4.C12H10BFN3O3.C12H9BrFN3O.C7H2BrClF2O2.C7H4ClFO.C5H6BrN3/c20-12-8-15-14(28-19(22,23)29-15)7-11(12)9-5-6-16(25-17(9)24)26-18(27)10-3-1-2-4-13(10)21;1-9(2)10(3,4)16-13(15-9)14-17-11(5,6)12(7,8)18-14;14-8-4-2-1-3-7(8)12(18)17-10-6-5-9(20-13-19)11(15)16-10;13-8-5-6-10(16-11(8)15)17-12(18)7-3-1-2-4-9(7)14;8-3-1-5-6(2-4(3)9)13-7(10,11)12-5;8-7(10)5-3-1-2-4-6(5)9;6-3-1-2-4(7)9-5(3)8/h1-8H,(H3,24,25,26,27);1-8H3;1-6,19H,(H3,15,16,17,18);1-6H,(H3,15,16,17,18);1-2H;1-4H;1-2H,(H4,7,8,9). The van der Waals surface area contributed by atoms with Crippen LogP contribution in [0.15, 0.2) is 183 Å². The van der Waals surface area contributed by atoms with Gasteiger partial charge in [-0.15, -0.1) is 17.6 Å². The number of ether oxygens (including phenoxy) is 4. The number of hydrogen-bond donors (Lipinski definition) is 9. The normalized spacial score (nSPS) is 15.1. The number of carbonyl (C=O) groups is 4. The number of pyridine rings is 4. The molecule has 43 heteroatoms. The summed E-state index contributed by atoms with van der Waals surface area (Å²) >= 11 is 26.3. The molecule has 1 radical (unpaired) electrons. The van der Waals surface area contributed by atoms with E-state index in [4.69, 9.17) is 87.1 Å². The molecule has 117 heavy (non-hydrogen) atoms. The highest BCUT2D eigenvalue weighted by Crippen LogP contribution is 2.49. The molecule has 14 rings (SSSR count). The topological polar surface area (TPSA) is 389 Å². The molecule has 6 aromatic carbocycles. The van der Waals surface area contributed by atoms with E-state index in [9.17, 15) is 54.3 Å². The quantitative estimate of drug-likeness (QED) is 0.0330. The number of rotatable bonds is 11. The van der Waals surface area contributed by atoms with Crippen LogP contribution in [-0.4, -0.2) is 105 Å². The number of carbonyl (C=O) groups excluding carboxylic acids is 4. The number of fused-ring (bicyclic) bond motifs is 2. The van der Waals surface area contributed by atoms with E-state index in [2.05, 4.69) is 107 Å². The van der Waals surface area contributed by atoms with Crippen LogP contribution in [0, 0.1) is 23.3 Å². The Morgan fingerprint density at radius 1 is 0.427 bits per heavy atom. The first kappa shape index (κ1) is 92.3. The summed E-state index contributed by atoms with van der Waals surface area (Å²) in [5.74, 6) is -3.21. The fourth-order valence-corrected chi connectivity index (χ4v) is 11.0. The molecule has 10 aromatic rings. The van der Waals surface area contributed by atoms with Crippen LogP contribution in [0.3, 0.4) is 0 Å². The van der Waals surface area contributed by atoms with Crippen LogP contribution in [0.5, 0.6) is 28.7 Å². The molecule has 2 fully saturated rings. The average molecular weight is 1880 g/mol. The number of aromatic nitrogens is 4. The van der Waals surface area contributed by atoms with E-state index in [0.717, 1.165) is 10.5 Å². The number of halogens is 14. The number of benzene rings is 6. The number of hydrogen-bond acceptors (Lipinski definition) is 23. The molecule has 4 aliphatic heterocycles. The number of nitrogens with zero attached hydrogens (tertiary/aromatic N) is 4. The van der Waals surface area contributed by atoms with Crippen molar-refractivity contribution in [3.05, 3.63) is 239 Å². The van der Waals surface area contributed by atoms with E-state index in [1.165, 1.54) is 121 Å². The smallest absolute Gasteiger partial charge is 0.535 e. The van der Waals surface area contributed by atoms with Gasteiger partial charge in [-0.1, -0.05) is 71.7 Å². The maximum atomic E-state index is 13.7. The largest absolute Gasteiger partial charge is 0.586 e. The Morgan fingerprint density at radius 3 is 1.11 bits per heavy atom. The molecule has 26 nitrogen and oxygen atoms in total. The molecule has 0 unspecified atom stereocenters. The van der Waals surface area contributed by atoms with Gasteiger partial charge in [0.25, 0.3) is 23.0 Å². The van der Waals surface area contributed by atoms with E-state index in [0.29, 0.717) is 38.9 Å². The summed E-state index contributed by atoms with van der Waals surface area (Å²) in [5.41, 5.74) is 26.6.